The van der Waals surface area contributed by atoms with E-state index < -0.39 is 12.1 Å². The number of piperazine rings is 1. The van der Waals surface area contributed by atoms with Crippen LogP contribution >= 0.6 is 0 Å². The van der Waals surface area contributed by atoms with Gasteiger partial charge in [-0.1, -0.05) is 36.4 Å². The lowest BCUT2D eigenvalue weighted by atomic mass is 10.1. The van der Waals surface area contributed by atoms with Gasteiger partial charge in [-0.2, -0.15) is 18.2 Å². The second-order valence-electron chi connectivity index (χ2n) is 8.16. The Labute approximate surface area is 201 Å². The average Bonchev–Trinajstić information content (AvgIpc) is 3.27. The maximum atomic E-state index is 13.2. The van der Waals surface area contributed by atoms with E-state index in [-0.39, 0.29) is 11.2 Å². The largest absolute Gasteiger partial charge is 0.490 e. The molecule has 5 rings (SSSR count). The molecule has 2 N–H and O–H groups in total. The Morgan fingerprint density at radius 1 is 1.00 bits per heavy atom. The second kappa shape index (κ2) is 9.49. The van der Waals surface area contributed by atoms with Crippen LogP contribution in [-0.4, -0.2) is 62.1 Å². The molecule has 13 heteroatoms. The van der Waals surface area contributed by atoms with E-state index in [0.29, 0.717) is 17.1 Å². The fourth-order valence-electron chi connectivity index (χ4n) is 4.09. The molecule has 2 aromatic carbocycles. The monoisotopic (exact) mass is 504 g/mol. The minimum atomic E-state index is -5.08. The van der Waals surface area contributed by atoms with Gasteiger partial charge in [0, 0.05) is 45.7 Å². The van der Waals surface area contributed by atoms with Gasteiger partial charge in [-0.15, -0.1) is 0 Å². The minimum absolute atomic E-state index is 0.343. The smallest absolute Gasteiger partial charge is 0.475 e. The van der Waals surface area contributed by atoms with Gasteiger partial charge in [0.2, 0.25) is 5.95 Å². The van der Waals surface area contributed by atoms with Crippen molar-refractivity contribution >= 4 is 33.9 Å². The lowest BCUT2D eigenvalue weighted by Crippen LogP contribution is -2.44. The van der Waals surface area contributed by atoms with Crippen LogP contribution in [0.5, 0.6) is 0 Å². The molecule has 1 aliphatic heterocycles. The molecular formula is C23H23F3N6O4. The lowest BCUT2D eigenvalue weighted by Gasteiger charge is -2.29. The van der Waals surface area contributed by atoms with E-state index in [1.165, 1.54) is 11.6 Å². The number of aliphatic carboxylic acids is 1. The first kappa shape index (κ1) is 25.0. The van der Waals surface area contributed by atoms with Crippen molar-refractivity contribution in [1.29, 1.82) is 0 Å². The van der Waals surface area contributed by atoms with Gasteiger partial charge in [-0.25, -0.2) is 9.59 Å². The third-order valence-electron chi connectivity index (χ3n) is 5.89. The summed E-state index contributed by atoms with van der Waals surface area (Å²) in [5.41, 5.74) is 0.982. The van der Waals surface area contributed by atoms with Crippen molar-refractivity contribution in [2.24, 2.45) is 14.1 Å². The van der Waals surface area contributed by atoms with E-state index in [9.17, 15) is 22.8 Å². The number of hydrogen-bond donors (Lipinski definition) is 2. The van der Waals surface area contributed by atoms with Gasteiger partial charge in [0.1, 0.15) is 0 Å². The molecule has 0 spiro atoms. The SMILES string of the molecule is Cn1c(=O)c2c(nc(N3CCNCC3)n2-c2cccc3ccccc23)n(C)c1=O.O=C(O)C(F)(F)F. The number of carboxylic acid groups (broad SMARTS) is 1. The van der Waals surface area contributed by atoms with Crippen LogP contribution in [0.4, 0.5) is 19.1 Å². The van der Waals surface area contributed by atoms with Gasteiger partial charge in [0.25, 0.3) is 5.56 Å². The normalized spacial score (nSPS) is 14.1. The third kappa shape index (κ3) is 4.44. The third-order valence-corrected chi connectivity index (χ3v) is 5.89. The molecule has 0 bridgehead atoms. The fraction of sp³-hybridized carbons (Fsp3) is 0.304. The molecule has 0 unspecified atom stereocenters. The van der Waals surface area contributed by atoms with Crippen LogP contribution < -0.4 is 21.5 Å². The standard InChI is InChI=1S/C21H22N6O2.C2HF3O2/c1-24-18-17(19(28)25(2)21(24)29)27(20(23-18)26-12-10-22-11-13-26)16-9-5-7-14-6-3-4-8-15(14)16;3-2(4,5)1(6)7/h3-9,22H,10-13H2,1-2H3;(H,6,7). The number of alkyl halides is 3. The first-order valence-electron chi connectivity index (χ1n) is 10.9. The van der Waals surface area contributed by atoms with E-state index in [2.05, 4.69) is 22.3 Å². The van der Waals surface area contributed by atoms with E-state index >= 15 is 0 Å². The summed E-state index contributed by atoms with van der Waals surface area (Å²) in [6, 6.07) is 14.1. The van der Waals surface area contributed by atoms with Crippen LogP contribution in [0.3, 0.4) is 0 Å². The van der Waals surface area contributed by atoms with Crippen molar-refractivity contribution in [3.63, 3.8) is 0 Å². The van der Waals surface area contributed by atoms with Crippen LogP contribution in [0.1, 0.15) is 0 Å². The molecule has 0 aliphatic carbocycles. The molecular weight excluding hydrogens is 481 g/mol. The molecule has 1 saturated heterocycles. The molecule has 2 aromatic heterocycles. The molecule has 4 aromatic rings. The fourth-order valence-corrected chi connectivity index (χ4v) is 4.09. The Balaban J connectivity index is 0.000000384. The summed E-state index contributed by atoms with van der Waals surface area (Å²) in [7, 11) is 3.17. The number of nitrogens with one attached hydrogen (secondary N) is 1. The van der Waals surface area contributed by atoms with Crippen molar-refractivity contribution < 1.29 is 23.1 Å². The number of nitrogens with zero attached hydrogens (tertiary/aromatic N) is 5. The Kier molecular flexibility index (Phi) is 6.59. The van der Waals surface area contributed by atoms with Crippen LogP contribution in [0.15, 0.2) is 52.1 Å². The van der Waals surface area contributed by atoms with E-state index in [1.54, 1.807) is 7.05 Å². The molecule has 36 heavy (non-hydrogen) atoms. The summed E-state index contributed by atoms with van der Waals surface area (Å²) in [6.07, 6.45) is -5.08. The molecule has 0 atom stereocenters. The number of aryl methyl sites for hydroxylation is 1. The van der Waals surface area contributed by atoms with E-state index in [4.69, 9.17) is 14.9 Å². The molecule has 0 radical (unpaired) electrons. The number of carboxylic acids is 1. The van der Waals surface area contributed by atoms with Crippen LogP contribution in [-0.2, 0) is 18.9 Å². The number of halogens is 3. The predicted octanol–water partition coefficient (Wildman–Crippen LogP) is 1.62. The number of fused-ring (bicyclic) bond motifs is 2. The number of hydrogen-bond acceptors (Lipinski definition) is 6. The Morgan fingerprint density at radius 3 is 2.25 bits per heavy atom. The second-order valence-corrected chi connectivity index (χ2v) is 8.16. The zero-order valence-electron chi connectivity index (χ0n) is 19.4. The van der Waals surface area contributed by atoms with Gasteiger partial charge in [0.05, 0.1) is 5.69 Å². The number of benzene rings is 2. The van der Waals surface area contributed by atoms with Crippen LogP contribution in [0, 0.1) is 0 Å². The molecule has 10 nitrogen and oxygen atoms in total. The molecule has 1 aliphatic rings. The first-order chi connectivity index (χ1) is 17.0. The highest BCUT2D eigenvalue weighted by atomic mass is 19.4. The highest BCUT2D eigenvalue weighted by molar-refractivity contribution is 5.93. The zero-order valence-corrected chi connectivity index (χ0v) is 19.4. The summed E-state index contributed by atoms with van der Waals surface area (Å²) in [5, 5.41) is 12.6. The van der Waals surface area contributed by atoms with Gasteiger partial charge < -0.3 is 15.3 Å². The summed E-state index contributed by atoms with van der Waals surface area (Å²) in [4.78, 5) is 41.5. The van der Waals surface area contributed by atoms with Gasteiger partial charge in [-0.05, 0) is 11.5 Å². The Hall–Kier alpha value is -4.13. The van der Waals surface area contributed by atoms with Crippen LogP contribution in [0.25, 0.3) is 27.6 Å². The van der Waals surface area contributed by atoms with Crippen molar-refractivity contribution in [2.75, 3.05) is 31.1 Å². The minimum Gasteiger partial charge on any atom is -0.475 e. The highest BCUT2D eigenvalue weighted by Gasteiger charge is 2.38. The number of rotatable bonds is 2. The predicted molar refractivity (Wildman–Crippen MR) is 128 cm³/mol. The lowest BCUT2D eigenvalue weighted by molar-refractivity contribution is -0.192. The Morgan fingerprint density at radius 2 is 1.61 bits per heavy atom. The van der Waals surface area contributed by atoms with Crippen molar-refractivity contribution in [3.05, 3.63) is 63.3 Å². The van der Waals surface area contributed by atoms with Crippen LogP contribution in [0.2, 0.25) is 0 Å². The van der Waals surface area contributed by atoms with Crippen molar-refractivity contribution in [3.8, 4) is 5.69 Å². The quantitative estimate of drug-likeness (QED) is 0.427. The van der Waals surface area contributed by atoms with E-state index in [0.717, 1.165) is 47.2 Å². The highest BCUT2D eigenvalue weighted by Crippen LogP contribution is 2.30. The summed E-state index contributed by atoms with van der Waals surface area (Å²) >= 11 is 0. The molecule has 190 valence electrons. The number of carbonyl (C=O) groups is 1. The maximum absolute atomic E-state index is 13.2. The molecule has 3 heterocycles. The van der Waals surface area contributed by atoms with Crippen molar-refractivity contribution in [1.82, 2.24) is 24.0 Å². The molecule has 0 amide bonds. The van der Waals surface area contributed by atoms with Gasteiger partial charge in [0.15, 0.2) is 11.2 Å². The maximum Gasteiger partial charge on any atom is 0.490 e. The van der Waals surface area contributed by atoms with Gasteiger partial charge in [-0.3, -0.25) is 18.5 Å². The number of aromatic nitrogens is 4. The van der Waals surface area contributed by atoms with Gasteiger partial charge >= 0.3 is 17.8 Å². The first-order valence-corrected chi connectivity index (χ1v) is 10.9. The number of imidazole rings is 1. The summed E-state index contributed by atoms with van der Waals surface area (Å²) in [6.45, 7) is 3.25. The average molecular weight is 504 g/mol. The van der Waals surface area contributed by atoms with E-state index in [1.807, 2.05) is 34.9 Å². The van der Waals surface area contributed by atoms with Crippen molar-refractivity contribution in [2.45, 2.75) is 6.18 Å². The summed E-state index contributed by atoms with van der Waals surface area (Å²) < 4.78 is 36.3. The zero-order chi connectivity index (χ0) is 26.2. The molecule has 1 fully saturated rings. The number of anilines is 1. The topological polar surface area (TPSA) is 114 Å². The summed E-state index contributed by atoms with van der Waals surface area (Å²) in [5.74, 6) is -2.07. The Bertz CT molecular complexity index is 1560. The molecule has 0 saturated carbocycles.